The van der Waals surface area contributed by atoms with Gasteiger partial charge in [-0.05, 0) is 145 Å². The Morgan fingerprint density at radius 2 is 1.07 bits per heavy atom. The van der Waals surface area contributed by atoms with E-state index in [-0.39, 0.29) is 58.8 Å². The molecule has 2 saturated carbocycles. The minimum absolute atomic E-state index is 0.0811. The molecule has 0 saturated heterocycles. The zero-order valence-corrected chi connectivity index (χ0v) is 33.3. The molecule has 8 rings (SSSR count). The Balaban J connectivity index is 0.873. The highest BCUT2D eigenvalue weighted by molar-refractivity contribution is 5.93. The van der Waals surface area contributed by atoms with Gasteiger partial charge in [0.25, 0.3) is 0 Å². The molecule has 0 aliphatic heterocycles. The maximum atomic E-state index is 14.1. The highest BCUT2D eigenvalue weighted by Gasteiger charge is 2.36. The van der Waals surface area contributed by atoms with Crippen LogP contribution in [0.5, 0.6) is 11.8 Å². The van der Waals surface area contributed by atoms with Gasteiger partial charge in [0.15, 0.2) is 0 Å². The Bertz CT molecular complexity index is 2470. The van der Waals surface area contributed by atoms with Gasteiger partial charge >= 0.3 is 35.3 Å². The molecule has 2 atom stereocenters. The number of carbonyl (C=O) groups is 2. The molecule has 2 aliphatic rings. The molecule has 0 amide bonds. The SMILES string of the molecule is CC(c1nc(OC(=O)CC(=O)Oc2nc(C(C)C3CCC(c4ccnc5ccc(F)cc45)CC3)[nH]c2[N+](=O)[O-])c([N+](=O)[O-])[nH]1)C1CCC(c2ccnc3ccc(F)cc23)CC1. The largest absolute Gasteiger partial charge is 0.399 e. The monoisotopic (exact) mass is 836 g/mol. The summed E-state index contributed by atoms with van der Waals surface area (Å²) in [7, 11) is 0. The van der Waals surface area contributed by atoms with Crippen molar-refractivity contribution in [3.63, 3.8) is 0 Å². The number of nitrogens with zero attached hydrogens (tertiary/aromatic N) is 6. The molecule has 61 heavy (non-hydrogen) atoms. The van der Waals surface area contributed by atoms with Crippen LogP contribution < -0.4 is 9.47 Å². The summed E-state index contributed by atoms with van der Waals surface area (Å²) in [5, 5.41) is 25.5. The highest BCUT2D eigenvalue weighted by Crippen LogP contribution is 2.45. The molecule has 6 aromatic rings. The summed E-state index contributed by atoms with van der Waals surface area (Å²) in [5.41, 5.74) is 3.49. The smallest absolute Gasteiger partial charge is 0.385 e. The molecular formula is C43H42F2N8O8. The second-order valence-corrected chi connectivity index (χ2v) is 16.1. The van der Waals surface area contributed by atoms with Gasteiger partial charge < -0.3 is 29.7 Å². The maximum Gasteiger partial charge on any atom is 0.385 e. The number of H-pyrrole nitrogens is 2. The lowest BCUT2D eigenvalue weighted by Gasteiger charge is -2.31. The number of hydrogen-bond donors (Lipinski definition) is 2. The molecule has 16 nitrogen and oxygen atoms in total. The van der Waals surface area contributed by atoms with Crippen LogP contribution in [0.4, 0.5) is 20.4 Å². The lowest BCUT2D eigenvalue weighted by atomic mass is 9.73. The molecule has 18 heteroatoms. The van der Waals surface area contributed by atoms with E-state index in [0.717, 1.165) is 84.3 Å². The van der Waals surface area contributed by atoms with Crippen LogP contribution in [-0.2, 0) is 9.59 Å². The molecule has 2 aromatic carbocycles. The van der Waals surface area contributed by atoms with Crippen LogP contribution in [0.15, 0.2) is 60.9 Å². The number of halogens is 2. The predicted octanol–water partition coefficient (Wildman–Crippen LogP) is 9.38. The van der Waals surface area contributed by atoms with Crippen molar-refractivity contribution >= 4 is 45.4 Å². The molecule has 2 fully saturated rings. The van der Waals surface area contributed by atoms with Crippen molar-refractivity contribution in [3.05, 3.63) is 116 Å². The van der Waals surface area contributed by atoms with E-state index in [9.17, 15) is 38.6 Å². The number of aromatic nitrogens is 6. The number of rotatable bonds is 12. The molecule has 4 heterocycles. The van der Waals surface area contributed by atoms with Crippen LogP contribution in [0.3, 0.4) is 0 Å². The second kappa shape index (κ2) is 17.1. The van der Waals surface area contributed by atoms with E-state index in [1.54, 1.807) is 24.5 Å². The fourth-order valence-electron chi connectivity index (χ4n) is 9.26. The first-order valence-corrected chi connectivity index (χ1v) is 20.3. The molecule has 2 unspecified atom stereocenters. The van der Waals surface area contributed by atoms with Crippen LogP contribution in [0.1, 0.15) is 118 Å². The first-order chi connectivity index (χ1) is 29.3. The standard InChI is InChI=1S/C43H42F2N8O8/c1-22(24-3-7-26(8-4-24)30-15-17-46-34-13-11-28(44)19-32(30)34)38-48-40(52(56)57)42(50-38)60-36(54)21-37(55)61-43-41(53(58)59)49-39(51-43)23(2)25-5-9-27(10-6-25)31-16-18-47-35-14-12-29(45)20-33(31)35/h11-20,22-27H,3-10,21H2,1-2H3,(H,48,50)(H,49,51). The van der Waals surface area contributed by atoms with E-state index in [1.807, 2.05) is 26.0 Å². The number of nitro groups is 2. The number of fused-ring (bicyclic) bond motifs is 2. The van der Waals surface area contributed by atoms with Crippen LogP contribution in [0.25, 0.3) is 21.8 Å². The van der Waals surface area contributed by atoms with Crippen LogP contribution in [0, 0.1) is 43.7 Å². The van der Waals surface area contributed by atoms with Crippen molar-refractivity contribution in [1.29, 1.82) is 0 Å². The van der Waals surface area contributed by atoms with Gasteiger partial charge in [0, 0.05) is 35.0 Å². The first kappa shape index (κ1) is 41.0. The van der Waals surface area contributed by atoms with Crippen molar-refractivity contribution < 1.29 is 37.7 Å². The summed E-state index contributed by atoms with van der Waals surface area (Å²) in [6.07, 6.45) is 8.61. The molecule has 316 valence electrons. The van der Waals surface area contributed by atoms with Gasteiger partial charge in [-0.3, -0.25) is 19.6 Å². The number of pyridine rings is 2. The Hall–Kier alpha value is -6.72. The molecule has 0 spiro atoms. The summed E-state index contributed by atoms with van der Waals surface area (Å²) < 4.78 is 38.5. The zero-order chi connectivity index (χ0) is 42.9. The van der Waals surface area contributed by atoms with E-state index in [2.05, 4.69) is 29.9 Å². The van der Waals surface area contributed by atoms with Gasteiger partial charge in [0.05, 0.1) is 11.0 Å². The summed E-state index contributed by atoms with van der Waals surface area (Å²) in [6, 6.07) is 12.9. The zero-order valence-electron chi connectivity index (χ0n) is 33.3. The quantitative estimate of drug-likeness (QED) is 0.0509. The van der Waals surface area contributed by atoms with Gasteiger partial charge in [-0.15, -0.1) is 0 Å². The number of aromatic amines is 2. The number of benzene rings is 2. The van der Waals surface area contributed by atoms with Crippen LogP contribution in [0.2, 0.25) is 0 Å². The maximum absolute atomic E-state index is 14.1. The van der Waals surface area contributed by atoms with E-state index >= 15 is 0 Å². The molecule has 2 aliphatic carbocycles. The van der Waals surface area contributed by atoms with Gasteiger partial charge in [-0.2, -0.15) is 9.97 Å². The molecule has 4 aromatic heterocycles. The summed E-state index contributed by atoms with van der Waals surface area (Å²) in [4.78, 5) is 70.7. The third-order valence-electron chi connectivity index (χ3n) is 12.6. The number of imidazole rings is 2. The van der Waals surface area contributed by atoms with E-state index in [1.165, 1.54) is 24.3 Å². The number of ether oxygens (including phenoxy) is 2. The molecule has 0 radical (unpaired) electrons. The second-order valence-electron chi connectivity index (χ2n) is 16.1. The summed E-state index contributed by atoms with van der Waals surface area (Å²) >= 11 is 0. The third kappa shape index (κ3) is 8.65. The Kier molecular flexibility index (Phi) is 11.5. The summed E-state index contributed by atoms with van der Waals surface area (Å²) in [6.45, 7) is 3.75. The average Bonchev–Trinajstić information content (AvgIpc) is 3.87. The van der Waals surface area contributed by atoms with Crippen LogP contribution in [-0.4, -0.2) is 51.7 Å². The fraction of sp³-hybridized carbons (Fsp3) is 0.395. The highest BCUT2D eigenvalue weighted by atomic mass is 19.1. The third-order valence-corrected chi connectivity index (χ3v) is 12.6. The lowest BCUT2D eigenvalue weighted by molar-refractivity contribution is -0.390. The predicted molar refractivity (Wildman–Crippen MR) is 216 cm³/mol. The number of hydrogen-bond acceptors (Lipinski definition) is 12. The average molecular weight is 837 g/mol. The minimum atomic E-state index is -1.23. The first-order valence-electron chi connectivity index (χ1n) is 20.3. The summed E-state index contributed by atoms with van der Waals surface area (Å²) in [5.74, 6) is -5.28. The van der Waals surface area contributed by atoms with Crippen molar-refractivity contribution in [2.45, 2.75) is 95.3 Å². The molecular weight excluding hydrogens is 795 g/mol. The number of esters is 2. The Morgan fingerprint density at radius 3 is 1.44 bits per heavy atom. The van der Waals surface area contributed by atoms with Crippen molar-refractivity contribution in [2.75, 3.05) is 0 Å². The van der Waals surface area contributed by atoms with Gasteiger partial charge in [-0.25, -0.2) is 18.7 Å². The van der Waals surface area contributed by atoms with Crippen molar-refractivity contribution in [1.82, 2.24) is 29.9 Å². The van der Waals surface area contributed by atoms with Gasteiger partial charge in [0.2, 0.25) is 11.6 Å². The fourth-order valence-corrected chi connectivity index (χ4v) is 9.26. The number of nitrogens with one attached hydrogen (secondary N) is 2. The van der Waals surface area contributed by atoms with E-state index in [0.29, 0.717) is 0 Å². The normalized spacial score (nSPS) is 20.3. The van der Waals surface area contributed by atoms with E-state index in [4.69, 9.17) is 9.47 Å². The van der Waals surface area contributed by atoms with Crippen molar-refractivity contribution in [2.24, 2.45) is 11.8 Å². The molecule has 0 bridgehead atoms. The Labute approximate surface area is 346 Å². The lowest BCUT2D eigenvalue weighted by Crippen LogP contribution is -2.20. The van der Waals surface area contributed by atoms with Gasteiger partial charge in [0.1, 0.15) is 18.1 Å². The topological polar surface area (TPSA) is 222 Å². The van der Waals surface area contributed by atoms with Crippen molar-refractivity contribution in [3.8, 4) is 11.8 Å². The van der Waals surface area contributed by atoms with Gasteiger partial charge in [-0.1, -0.05) is 13.8 Å². The van der Waals surface area contributed by atoms with Crippen LogP contribution >= 0.6 is 0 Å². The van der Waals surface area contributed by atoms with E-state index < -0.39 is 51.6 Å². The number of carbonyl (C=O) groups excluding carboxylic acids is 2. The minimum Gasteiger partial charge on any atom is -0.399 e. The molecule has 2 N–H and O–H groups in total. The Morgan fingerprint density at radius 1 is 0.672 bits per heavy atom.